The van der Waals surface area contributed by atoms with Gasteiger partial charge in [0.15, 0.2) is 0 Å². The van der Waals surface area contributed by atoms with Crippen LogP contribution in [-0.4, -0.2) is 27.4 Å². The summed E-state index contributed by atoms with van der Waals surface area (Å²) in [5.74, 6) is -0.340. The molecule has 1 aliphatic carbocycles. The number of nitrogens with zero attached hydrogens (tertiary/aromatic N) is 1. The van der Waals surface area contributed by atoms with Crippen LogP contribution < -0.4 is 10.3 Å². The first-order chi connectivity index (χ1) is 13.0. The lowest BCUT2D eigenvalue weighted by molar-refractivity contribution is 0.0696. The number of ether oxygens (including phenoxy) is 1. The molecule has 138 valence electrons. The third kappa shape index (κ3) is 3.66. The van der Waals surface area contributed by atoms with Crippen molar-refractivity contribution < 1.29 is 14.6 Å². The number of carbonyl (C=O) groups is 1. The summed E-state index contributed by atoms with van der Waals surface area (Å²) < 4.78 is 5.93. The Morgan fingerprint density at radius 3 is 2.74 bits per heavy atom. The molecule has 27 heavy (non-hydrogen) atoms. The molecule has 6 nitrogen and oxygen atoms in total. The van der Waals surface area contributed by atoms with E-state index in [2.05, 4.69) is 10.2 Å². The molecule has 1 aromatic heterocycles. The first kappa shape index (κ1) is 17.5. The number of benzene rings is 2. The molecule has 0 amide bonds. The molecule has 0 bridgehead atoms. The van der Waals surface area contributed by atoms with Crippen LogP contribution in [0.3, 0.4) is 0 Å². The van der Waals surface area contributed by atoms with Gasteiger partial charge in [-0.25, -0.2) is 9.89 Å². The van der Waals surface area contributed by atoms with E-state index in [9.17, 15) is 14.7 Å². The highest BCUT2D eigenvalue weighted by atomic mass is 35.5. The summed E-state index contributed by atoms with van der Waals surface area (Å²) in [4.78, 5) is 23.4. The van der Waals surface area contributed by atoms with E-state index in [1.54, 1.807) is 24.3 Å². The first-order valence-electron chi connectivity index (χ1n) is 8.70. The molecule has 4 rings (SSSR count). The minimum absolute atomic E-state index is 0.111. The van der Waals surface area contributed by atoms with E-state index < -0.39 is 5.97 Å². The molecule has 3 aromatic rings. The Labute approximate surface area is 159 Å². The standard InChI is InChI=1S/C20H17ClN2O4/c21-13-7-11(6-12(9-13)20(25)26)8-18-17-10-15(27-14-2-1-3-14)4-5-16(17)19(24)23-22-18/h4-7,9-10,14H,1-3,8H2,(H,23,24)(H,25,26). The molecular weight excluding hydrogens is 368 g/mol. The predicted octanol–water partition coefficient (Wildman–Crippen LogP) is 3.80. The number of nitrogens with one attached hydrogen (secondary N) is 1. The van der Waals surface area contributed by atoms with Crippen LogP contribution in [0.5, 0.6) is 5.75 Å². The molecule has 1 aliphatic rings. The number of hydrogen-bond acceptors (Lipinski definition) is 4. The topological polar surface area (TPSA) is 92.3 Å². The van der Waals surface area contributed by atoms with Crippen molar-refractivity contribution in [1.82, 2.24) is 10.2 Å². The van der Waals surface area contributed by atoms with Crippen LogP contribution in [0.25, 0.3) is 10.8 Å². The molecule has 0 atom stereocenters. The Morgan fingerprint density at radius 1 is 1.22 bits per heavy atom. The summed E-state index contributed by atoms with van der Waals surface area (Å²) in [6, 6.07) is 10.0. The number of fused-ring (bicyclic) bond motifs is 1. The Hall–Kier alpha value is -2.86. The van der Waals surface area contributed by atoms with Crippen LogP contribution in [0.2, 0.25) is 5.02 Å². The number of aromatic nitrogens is 2. The minimum Gasteiger partial charge on any atom is -0.490 e. The molecule has 2 aromatic carbocycles. The van der Waals surface area contributed by atoms with Crippen molar-refractivity contribution in [2.75, 3.05) is 0 Å². The van der Waals surface area contributed by atoms with Gasteiger partial charge in [0.2, 0.25) is 0 Å². The maximum atomic E-state index is 12.1. The highest BCUT2D eigenvalue weighted by molar-refractivity contribution is 6.31. The van der Waals surface area contributed by atoms with Crippen molar-refractivity contribution in [2.24, 2.45) is 0 Å². The van der Waals surface area contributed by atoms with Gasteiger partial charge >= 0.3 is 5.97 Å². The molecule has 0 aliphatic heterocycles. The molecule has 0 unspecified atom stereocenters. The first-order valence-corrected chi connectivity index (χ1v) is 9.08. The fourth-order valence-electron chi connectivity index (χ4n) is 3.16. The molecule has 1 heterocycles. The second kappa shape index (κ2) is 7.04. The highest BCUT2D eigenvalue weighted by Crippen LogP contribution is 2.28. The summed E-state index contributed by atoms with van der Waals surface area (Å²) in [5.41, 5.74) is 1.16. The molecule has 1 saturated carbocycles. The lowest BCUT2D eigenvalue weighted by Crippen LogP contribution is -2.24. The van der Waals surface area contributed by atoms with Gasteiger partial charge < -0.3 is 9.84 Å². The number of hydrogen-bond donors (Lipinski definition) is 2. The Kier molecular flexibility index (Phi) is 4.58. The van der Waals surface area contributed by atoms with Gasteiger partial charge in [0.1, 0.15) is 5.75 Å². The molecule has 1 fully saturated rings. The van der Waals surface area contributed by atoms with E-state index in [0.717, 1.165) is 12.8 Å². The summed E-state index contributed by atoms with van der Waals surface area (Å²) in [6.45, 7) is 0. The van der Waals surface area contributed by atoms with Crippen LogP contribution in [0.1, 0.15) is 40.9 Å². The monoisotopic (exact) mass is 384 g/mol. The van der Waals surface area contributed by atoms with Gasteiger partial charge in [0.05, 0.1) is 22.7 Å². The van der Waals surface area contributed by atoms with Gasteiger partial charge in [-0.05, 0) is 61.2 Å². The minimum atomic E-state index is -1.05. The fourth-order valence-corrected chi connectivity index (χ4v) is 3.41. The number of halogens is 1. The fraction of sp³-hybridized carbons (Fsp3) is 0.250. The number of aromatic carboxylic acids is 1. The van der Waals surface area contributed by atoms with Crippen molar-refractivity contribution in [1.29, 1.82) is 0 Å². The van der Waals surface area contributed by atoms with Crippen molar-refractivity contribution >= 4 is 28.3 Å². The second-order valence-corrected chi connectivity index (χ2v) is 7.14. The summed E-state index contributed by atoms with van der Waals surface area (Å²) in [6.07, 6.45) is 3.82. The summed E-state index contributed by atoms with van der Waals surface area (Å²) in [5, 5.41) is 17.4. The van der Waals surface area contributed by atoms with Crippen LogP contribution in [-0.2, 0) is 6.42 Å². The molecule has 0 saturated heterocycles. The maximum Gasteiger partial charge on any atom is 0.335 e. The number of H-pyrrole nitrogens is 1. The number of aromatic amines is 1. The van der Waals surface area contributed by atoms with Crippen LogP contribution in [0, 0.1) is 0 Å². The average Bonchev–Trinajstić information content (AvgIpc) is 2.60. The van der Waals surface area contributed by atoms with Gasteiger partial charge in [0.25, 0.3) is 5.56 Å². The third-order valence-corrected chi connectivity index (χ3v) is 4.99. The van der Waals surface area contributed by atoms with Crippen molar-refractivity contribution in [3.8, 4) is 5.75 Å². The molecule has 7 heteroatoms. The predicted molar refractivity (Wildman–Crippen MR) is 102 cm³/mol. The van der Waals surface area contributed by atoms with Crippen LogP contribution in [0.15, 0.2) is 41.2 Å². The molecule has 0 radical (unpaired) electrons. The van der Waals surface area contributed by atoms with Gasteiger partial charge in [-0.15, -0.1) is 0 Å². The smallest absolute Gasteiger partial charge is 0.335 e. The Bertz CT molecular complexity index is 1090. The van der Waals surface area contributed by atoms with Crippen molar-refractivity contribution in [3.05, 3.63) is 68.6 Å². The largest absolute Gasteiger partial charge is 0.490 e. The van der Waals surface area contributed by atoms with E-state index in [0.29, 0.717) is 39.2 Å². The van der Waals surface area contributed by atoms with Gasteiger partial charge in [0, 0.05) is 16.8 Å². The number of carboxylic acid groups (broad SMARTS) is 1. The number of rotatable bonds is 5. The third-order valence-electron chi connectivity index (χ3n) is 4.77. The zero-order chi connectivity index (χ0) is 19.0. The van der Waals surface area contributed by atoms with E-state index in [1.165, 1.54) is 12.5 Å². The van der Waals surface area contributed by atoms with E-state index in [-0.39, 0.29) is 17.2 Å². The number of carboxylic acids is 1. The Morgan fingerprint density at radius 2 is 2.04 bits per heavy atom. The van der Waals surface area contributed by atoms with E-state index >= 15 is 0 Å². The second-order valence-electron chi connectivity index (χ2n) is 6.71. The quantitative estimate of drug-likeness (QED) is 0.698. The SMILES string of the molecule is O=C(O)c1cc(Cl)cc(Cc2n[nH]c(=O)c3ccc(OC4CCC4)cc23)c1. The summed E-state index contributed by atoms with van der Waals surface area (Å²) >= 11 is 6.05. The van der Waals surface area contributed by atoms with E-state index in [4.69, 9.17) is 16.3 Å². The van der Waals surface area contributed by atoms with Gasteiger partial charge in [-0.2, -0.15) is 5.10 Å². The summed E-state index contributed by atoms with van der Waals surface area (Å²) in [7, 11) is 0. The molecule has 0 spiro atoms. The van der Waals surface area contributed by atoms with Crippen molar-refractivity contribution in [3.63, 3.8) is 0 Å². The highest BCUT2D eigenvalue weighted by Gasteiger charge is 2.19. The van der Waals surface area contributed by atoms with Crippen LogP contribution in [0.4, 0.5) is 0 Å². The lowest BCUT2D eigenvalue weighted by atomic mass is 9.96. The zero-order valence-corrected chi connectivity index (χ0v) is 15.1. The molecular formula is C20H17ClN2O4. The maximum absolute atomic E-state index is 12.1. The Balaban J connectivity index is 1.74. The van der Waals surface area contributed by atoms with E-state index in [1.807, 2.05) is 6.07 Å². The molecule has 2 N–H and O–H groups in total. The average molecular weight is 385 g/mol. The normalized spacial score (nSPS) is 14.1. The zero-order valence-electron chi connectivity index (χ0n) is 14.4. The van der Waals surface area contributed by atoms with Gasteiger partial charge in [-0.1, -0.05) is 11.6 Å². The van der Waals surface area contributed by atoms with Gasteiger partial charge in [-0.3, -0.25) is 4.79 Å². The van der Waals surface area contributed by atoms with Crippen LogP contribution >= 0.6 is 11.6 Å². The lowest BCUT2D eigenvalue weighted by Gasteiger charge is -2.26. The van der Waals surface area contributed by atoms with Crippen molar-refractivity contribution in [2.45, 2.75) is 31.8 Å².